The first-order valence-corrected chi connectivity index (χ1v) is 11.5. The van der Waals surface area contributed by atoms with Crippen LogP contribution >= 0.6 is 22.9 Å². The summed E-state index contributed by atoms with van der Waals surface area (Å²) < 4.78 is 0. The first-order chi connectivity index (χ1) is 15.8. The van der Waals surface area contributed by atoms with Crippen LogP contribution in [0.4, 0.5) is 17.1 Å². The molecule has 2 heterocycles. The fourth-order valence-electron chi connectivity index (χ4n) is 3.81. The van der Waals surface area contributed by atoms with Gasteiger partial charge in [-0.25, -0.2) is 0 Å². The van der Waals surface area contributed by atoms with Gasteiger partial charge >= 0.3 is 0 Å². The van der Waals surface area contributed by atoms with E-state index in [4.69, 9.17) is 11.6 Å². The molecule has 8 nitrogen and oxygen atoms in total. The van der Waals surface area contributed by atoms with Crippen molar-refractivity contribution in [2.45, 2.75) is 6.92 Å². The Morgan fingerprint density at radius 1 is 1.09 bits per heavy atom. The standard InChI is InChI=1S/C23H21ClN4O4S/c1-15-17(4-2-5-19(15)28(31)32)22(29)25-16-7-8-20(18(24)14-16)26-9-11-27(12-10-26)23(30)21-6-3-13-33-21/h2-8,13-14H,9-12H2,1H3,(H,25,29). The minimum Gasteiger partial charge on any atom is -0.367 e. The lowest BCUT2D eigenvalue weighted by Crippen LogP contribution is -2.48. The van der Waals surface area contributed by atoms with Crippen molar-refractivity contribution in [2.24, 2.45) is 0 Å². The Kier molecular flexibility index (Phi) is 6.62. The molecule has 1 aliphatic rings. The molecule has 2 aromatic carbocycles. The molecule has 1 aromatic heterocycles. The summed E-state index contributed by atoms with van der Waals surface area (Å²) in [6, 6.07) is 13.3. The van der Waals surface area contributed by atoms with Gasteiger partial charge in [-0.2, -0.15) is 0 Å². The summed E-state index contributed by atoms with van der Waals surface area (Å²) in [5.41, 5.74) is 1.75. The van der Waals surface area contributed by atoms with Gasteiger partial charge in [0.25, 0.3) is 17.5 Å². The number of carbonyl (C=O) groups excluding carboxylic acids is 2. The third kappa shape index (κ3) is 4.84. The molecule has 4 rings (SSSR count). The Morgan fingerprint density at radius 2 is 1.85 bits per heavy atom. The van der Waals surface area contributed by atoms with Crippen molar-refractivity contribution < 1.29 is 14.5 Å². The number of amides is 2. The van der Waals surface area contributed by atoms with Crippen LogP contribution < -0.4 is 10.2 Å². The van der Waals surface area contributed by atoms with Crippen molar-refractivity contribution in [2.75, 3.05) is 36.4 Å². The van der Waals surface area contributed by atoms with Crippen LogP contribution in [0.3, 0.4) is 0 Å². The molecule has 1 saturated heterocycles. The van der Waals surface area contributed by atoms with E-state index in [2.05, 4.69) is 10.2 Å². The summed E-state index contributed by atoms with van der Waals surface area (Å²) in [4.78, 5) is 40.5. The largest absolute Gasteiger partial charge is 0.367 e. The van der Waals surface area contributed by atoms with Gasteiger partial charge in [-0.05, 0) is 42.6 Å². The number of anilines is 2. The highest BCUT2D eigenvalue weighted by molar-refractivity contribution is 7.12. The SMILES string of the molecule is Cc1c(C(=O)Nc2ccc(N3CCN(C(=O)c4cccs4)CC3)c(Cl)c2)cccc1[N+](=O)[O-]. The van der Waals surface area contributed by atoms with E-state index in [1.165, 1.54) is 23.5 Å². The number of nitro groups is 1. The van der Waals surface area contributed by atoms with Gasteiger partial charge in [0, 0.05) is 49.1 Å². The molecule has 0 atom stereocenters. The van der Waals surface area contributed by atoms with Gasteiger partial charge in [0.1, 0.15) is 0 Å². The van der Waals surface area contributed by atoms with E-state index in [0.29, 0.717) is 42.5 Å². The van der Waals surface area contributed by atoms with Crippen LogP contribution in [0.15, 0.2) is 53.9 Å². The fourth-order valence-corrected chi connectivity index (χ4v) is 4.80. The van der Waals surface area contributed by atoms with Crippen LogP contribution in [-0.4, -0.2) is 47.8 Å². The van der Waals surface area contributed by atoms with Crippen molar-refractivity contribution in [3.05, 3.63) is 85.1 Å². The highest BCUT2D eigenvalue weighted by atomic mass is 35.5. The average Bonchev–Trinajstić information content (AvgIpc) is 3.34. The lowest BCUT2D eigenvalue weighted by molar-refractivity contribution is -0.385. The Morgan fingerprint density at radius 3 is 2.48 bits per heavy atom. The Balaban J connectivity index is 1.42. The number of halogens is 1. The number of piperazine rings is 1. The van der Waals surface area contributed by atoms with Crippen molar-refractivity contribution in [1.29, 1.82) is 0 Å². The van der Waals surface area contributed by atoms with Crippen molar-refractivity contribution in [3.63, 3.8) is 0 Å². The van der Waals surface area contributed by atoms with Crippen LogP contribution in [0.25, 0.3) is 0 Å². The second-order valence-electron chi connectivity index (χ2n) is 7.58. The normalized spacial score (nSPS) is 13.6. The predicted molar refractivity (Wildman–Crippen MR) is 130 cm³/mol. The molecule has 0 radical (unpaired) electrons. The molecule has 1 fully saturated rings. The molecule has 1 aliphatic heterocycles. The molecule has 0 bridgehead atoms. The quantitative estimate of drug-likeness (QED) is 0.413. The predicted octanol–water partition coefficient (Wildman–Crippen LogP) is 4.83. The summed E-state index contributed by atoms with van der Waals surface area (Å²) in [6.45, 7) is 4.03. The van der Waals surface area contributed by atoms with Gasteiger partial charge in [0.15, 0.2) is 0 Å². The van der Waals surface area contributed by atoms with E-state index < -0.39 is 10.8 Å². The lowest BCUT2D eigenvalue weighted by Gasteiger charge is -2.36. The maximum absolute atomic E-state index is 12.7. The zero-order valence-electron chi connectivity index (χ0n) is 17.8. The minimum atomic E-state index is -0.508. The molecular weight excluding hydrogens is 464 g/mol. The third-order valence-corrected chi connectivity index (χ3v) is 6.75. The second-order valence-corrected chi connectivity index (χ2v) is 8.94. The number of benzene rings is 2. The molecule has 10 heteroatoms. The van der Waals surface area contributed by atoms with E-state index >= 15 is 0 Å². The van der Waals surface area contributed by atoms with E-state index in [-0.39, 0.29) is 17.2 Å². The Hall–Kier alpha value is -3.43. The number of hydrogen-bond acceptors (Lipinski definition) is 6. The van der Waals surface area contributed by atoms with Gasteiger partial charge in [0.2, 0.25) is 0 Å². The highest BCUT2D eigenvalue weighted by Crippen LogP contribution is 2.30. The summed E-state index contributed by atoms with van der Waals surface area (Å²) in [5.74, 6) is -0.397. The first-order valence-electron chi connectivity index (χ1n) is 10.3. The number of rotatable bonds is 5. The van der Waals surface area contributed by atoms with Gasteiger partial charge < -0.3 is 15.1 Å². The number of nitrogens with one attached hydrogen (secondary N) is 1. The molecule has 170 valence electrons. The maximum Gasteiger partial charge on any atom is 0.273 e. The zero-order chi connectivity index (χ0) is 23.5. The first kappa shape index (κ1) is 22.8. The van der Waals surface area contributed by atoms with Crippen LogP contribution in [-0.2, 0) is 0 Å². The van der Waals surface area contributed by atoms with Crippen LogP contribution in [0.1, 0.15) is 25.6 Å². The average molecular weight is 485 g/mol. The fraction of sp³-hybridized carbons (Fsp3) is 0.217. The molecule has 0 saturated carbocycles. The van der Waals surface area contributed by atoms with Crippen molar-refractivity contribution in [1.82, 2.24) is 4.90 Å². The van der Waals surface area contributed by atoms with Crippen LogP contribution in [0.2, 0.25) is 5.02 Å². The van der Waals surface area contributed by atoms with E-state index in [9.17, 15) is 19.7 Å². The van der Waals surface area contributed by atoms with Crippen LogP contribution in [0.5, 0.6) is 0 Å². The van der Waals surface area contributed by atoms with E-state index in [1.54, 1.807) is 25.1 Å². The molecule has 0 spiro atoms. The summed E-state index contributed by atoms with van der Waals surface area (Å²) in [7, 11) is 0. The molecule has 1 N–H and O–H groups in total. The third-order valence-electron chi connectivity index (χ3n) is 5.59. The number of nitrogens with zero attached hydrogens (tertiary/aromatic N) is 3. The molecule has 0 aliphatic carbocycles. The minimum absolute atomic E-state index is 0.0465. The molecule has 2 amide bonds. The Labute approximate surface area is 199 Å². The van der Waals surface area contributed by atoms with E-state index in [0.717, 1.165) is 10.6 Å². The smallest absolute Gasteiger partial charge is 0.273 e. The summed E-state index contributed by atoms with van der Waals surface area (Å²) in [5, 5.41) is 16.3. The van der Waals surface area contributed by atoms with Gasteiger partial charge in [0.05, 0.1) is 20.5 Å². The molecule has 0 unspecified atom stereocenters. The highest BCUT2D eigenvalue weighted by Gasteiger charge is 2.24. The van der Waals surface area contributed by atoms with E-state index in [1.807, 2.05) is 28.5 Å². The maximum atomic E-state index is 12.7. The second kappa shape index (κ2) is 9.60. The molecular formula is C23H21ClN4O4S. The van der Waals surface area contributed by atoms with Crippen molar-refractivity contribution in [3.8, 4) is 0 Å². The monoisotopic (exact) mass is 484 g/mol. The Bertz CT molecular complexity index is 1210. The zero-order valence-corrected chi connectivity index (χ0v) is 19.4. The summed E-state index contributed by atoms with van der Waals surface area (Å²) >= 11 is 7.95. The number of carbonyl (C=O) groups is 2. The van der Waals surface area contributed by atoms with Gasteiger partial charge in [-0.15, -0.1) is 11.3 Å². The topological polar surface area (TPSA) is 95.8 Å². The van der Waals surface area contributed by atoms with Crippen LogP contribution in [0, 0.1) is 17.0 Å². The number of thiophene rings is 1. The van der Waals surface area contributed by atoms with Crippen molar-refractivity contribution >= 4 is 51.8 Å². The number of hydrogen-bond donors (Lipinski definition) is 1. The molecule has 33 heavy (non-hydrogen) atoms. The van der Waals surface area contributed by atoms with Gasteiger partial charge in [-0.1, -0.05) is 23.7 Å². The molecule has 3 aromatic rings. The number of nitro benzene ring substituents is 1. The van der Waals surface area contributed by atoms with Gasteiger partial charge in [-0.3, -0.25) is 19.7 Å². The summed E-state index contributed by atoms with van der Waals surface area (Å²) in [6.07, 6.45) is 0. The lowest BCUT2D eigenvalue weighted by atomic mass is 10.1.